The van der Waals surface area contributed by atoms with Gasteiger partial charge in [0.05, 0.1) is 11.9 Å². The highest BCUT2D eigenvalue weighted by Gasteiger charge is 2.15. The van der Waals surface area contributed by atoms with E-state index >= 15 is 0 Å². The first-order valence-corrected chi connectivity index (χ1v) is 10.1. The molecule has 30 heavy (non-hydrogen) atoms. The fourth-order valence-electron chi connectivity index (χ4n) is 2.61. The molecule has 1 aromatic carbocycles. The van der Waals surface area contributed by atoms with Crippen LogP contribution in [-0.4, -0.2) is 11.9 Å². The van der Waals surface area contributed by atoms with Crippen molar-refractivity contribution in [3.05, 3.63) is 133 Å². The molecule has 0 aliphatic heterocycles. The molecule has 2 heteroatoms. The fraction of sp³-hybridized carbons (Fsp3) is 0.143. The Morgan fingerprint density at radius 2 is 1.80 bits per heavy atom. The minimum absolute atomic E-state index is 0.733. The van der Waals surface area contributed by atoms with Crippen molar-refractivity contribution in [2.45, 2.75) is 25.7 Å². The van der Waals surface area contributed by atoms with E-state index in [-0.39, 0.29) is 0 Å². The van der Waals surface area contributed by atoms with Crippen LogP contribution in [0.15, 0.2) is 131 Å². The first-order valence-electron chi connectivity index (χ1n) is 10.1. The lowest BCUT2D eigenvalue weighted by Gasteiger charge is -2.02. The molecular formula is C28H29N2. The largest absolute Gasteiger partial charge is 0.256 e. The molecule has 0 bridgehead atoms. The number of aliphatic imine (C=N–C) groups is 2. The van der Waals surface area contributed by atoms with Crippen LogP contribution < -0.4 is 0 Å². The van der Waals surface area contributed by atoms with Crippen LogP contribution in [0.2, 0.25) is 0 Å². The molecule has 0 heterocycles. The molecule has 2 rings (SSSR count). The smallest absolute Gasteiger partial charge is 0.0686 e. The summed E-state index contributed by atoms with van der Waals surface area (Å²) in [5, 5.41) is 0. The van der Waals surface area contributed by atoms with Gasteiger partial charge < -0.3 is 0 Å². The summed E-state index contributed by atoms with van der Waals surface area (Å²) in [7, 11) is 0. The fourth-order valence-corrected chi connectivity index (χ4v) is 2.61. The number of rotatable bonds is 13. The van der Waals surface area contributed by atoms with Gasteiger partial charge in [0.25, 0.3) is 0 Å². The summed E-state index contributed by atoms with van der Waals surface area (Å²) >= 11 is 0. The maximum atomic E-state index is 4.46. The van der Waals surface area contributed by atoms with Crippen LogP contribution in [0.5, 0.6) is 0 Å². The summed E-state index contributed by atoms with van der Waals surface area (Å²) in [6.45, 7) is 15.4. The zero-order chi connectivity index (χ0) is 21.6. The molecule has 0 amide bonds. The minimum atomic E-state index is 0.733. The molecule has 0 unspecified atom stereocenters. The van der Waals surface area contributed by atoms with Gasteiger partial charge in [0.15, 0.2) is 0 Å². The van der Waals surface area contributed by atoms with Gasteiger partial charge in [-0.25, -0.2) is 0 Å². The third-order valence-electron chi connectivity index (χ3n) is 4.43. The van der Waals surface area contributed by atoms with E-state index in [1.165, 1.54) is 11.1 Å². The zero-order valence-corrected chi connectivity index (χ0v) is 17.6. The lowest BCUT2D eigenvalue weighted by Crippen LogP contribution is -1.95. The lowest BCUT2D eigenvalue weighted by molar-refractivity contribution is 1.04. The Balaban J connectivity index is 1.84. The minimum Gasteiger partial charge on any atom is -0.256 e. The Hall–Kier alpha value is -3.48. The van der Waals surface area contributed by atoms with Gasteiger partial charge in [-0.3, -0.25) is 9.98 Å². The van der Waals surface area contributed by atoms with Gasteiger partial charge in [0.2, 0.25) is 0 Å². The van der Waals surface area contributed by atoms with E-state index in [9.17, 15) is 0 Å². The molecule has 1 radical (unpaired) electrons. The van der Waals surface area contributed by atoms with Crippen LogP contribution in [0.3, 0.4) is 0 Å². The third-order valence-corrected chi connectivity index (χ3v) is 4.43. The Morgan fingerprint density at radius 1 is 1.03 bits per heavy atom. The van der Waals surface area contributed by atoms with Crippen molar-refractivity contribution in [1.29, 1.82) is 0 Å². The molecule has 0 aromatic heterocycles. The van der Waals surface area contributed by atoms with Crippen LogP contribution >= 0.6 is 0 Å². The summed E-state index contributed by atoms with van der Waals surface area (Å²) in [5.41, 5.74) is 9.14. The summed E-state index contributed by atoms with van der Waals surface area (Å²) < 4.78 is 0. The average molecular weight is 394 g/mol. The molecule has 1 aliphatic rings. The monoisotopic (exact) mass is 393 g/mol. The number of benzene rings is 1. The third kappa shape index (κ3) is 8.68. The predicted molar refractivity (Wildman–Crippen MR) is 132 cm³/mol. The Labute approximate surface area is 181 Å². The molecule has 0 saturated carbocycles. The normalized spacial score (nSPS) is 13.3. The topological polar surface area (TPSA) is 24.7 Å². The van der Waals surface area contributed by atoms with Gasteiger partial charge in [0.1, 0.15) is 0 Å². The molecule has 0 atom stereocenters. The highest BCUT2D eigenvalue weighted by Crippen LogP contribution is 2.31. The van der Waals surface area contributed by atoms with Crippen LogP contribution in [0, 0.1) is 6.42 Å². The predicted octanol–water partition coefficient (Wildman–Crippen LogP) is 7.09. The van der Waals surface area contributed by atoms with Gasteiger partial charge >= 0.3 is 0 Å². The molecule has 0 fully saturated rings. The van der Waals surface area contributed by atoms with E-state index in [2.05, 4.69) is 84.9 Å². The summed E-state index contributed by atoms with van der Waals surface area (Å²) in [5.74, 6) is 0. The SMILES string of the molecule is C=CC(=C)C=NC(=C)/C(=C/CCC=C=CN=C(C=C)CCc1ccccc1)C1=C[CH]1. The Morgan fingerprint density at radius 3 is 2.47 bits per heavy atom. The van der Waals surface area contributed by atoms with E-state index in [1.54, 1.807) is 18.5 Å². The first-order chi connectivity index (χ1) is 14.6. The van der Waals surface area contributed by atoms with Gasteiger partial charge in [0, 0.05) is 18.3 Å². The molecule has 151 valence electrons. The van der Waals surface area contributed by atoms with E-state index in [4.69, 9.17) is 0 Å². The van der Waals surface area contributed by atoms with Crippen LogP contribution in [0.1, 0.15) is 24.8 Å². The lowest BCUT2D eigenvalue weighted by atomic mass is 10.1. The number of nitrogens with zero attached hydrogens (tertiary/aromatic N) is 2. The van der Waals surface area contributed by atoms with E-state index in [1.807, 2.05) is 18.2 Å². The molecule has 0 saturated heterocycles. The van der Waals surface area contributed by atoms with Crippen LogP contribution in [0.4, 0.5) is 0 Å². The van der Waals surface area contributed by atoms with Gasteiger partial charge in [-0.1, -0.05) is 74.9 Å². The maximum absolute atomic E-state index is 4.46. The number of hydrogen-bond donors (Lipinski definition) is 0. The number of unbranched alkanes of at least 4 members (excludes halogenated alkanes) is 1. The van der Waals surface area contributed by atoms with Gasteiger partial charge in [-0.05, 0) is 60.1 Å². The van der Waals surface area contributed by atoms with Crippen LogP contribution in [-0.2, 0) is 6.42 Å². The van der Waals surface area contributed by atoms with E-state index in [0.29, 0.717) is 0 Å². The first kappa shape index (κ1) is 22.8. The second kappa shape index (κ2) is 12.9. The van der Waals surface area contributed by atoms with Crippen molar-refractivity contribution in [3.63, 3.8) is 0 Å². The Kier molecular flexibility index (Phi) is 9.79. The van der Waals surface area contributed by atoms with Crippen molar-refractivity contribution in [3.8, 4) is 0 Å². The average Bonchev–Trinajstić information content (AvgIpc) is 3.61. The van der Waals surface area contributed by atoms with Crippen molar-refractivity contribution >= 4 is 11.9 Å². The second-order valence-electron chi connectivity index (χ2n) is 6.78. The van der Waals surface area contributed by atoms with E-state index < -0.39 is 0 Å². The zero-order valence-electron chi connectivity index (χ0n) is 17.6. The molecule has 1 aromatic rings. The Bertz CT molecular complexity index is 959. The quantitative estimate of drug-likeness (QED) is 0.148. The number of allylic oxidation sites excluding steroid dienone is 7. The molecule has 1 aliphatic carbocycles. The molecular weight excluding hydrogens is 364 g/mol. The van der Waals surface area contributed by atoms with Crippen molar-refractivity contribution < 1.29 is 0 Å². The maximum Gasteiger partial charge on any atom is 0.0686 e. The van der Waals surface area contributed by atoms with Gasteiger partial charge in [-0.15, -0.1) is 5.73 Å². The van der Waals surface area contributed by atoms with E-state index in [0.717, 1.165) is 48.2 Å². The molecule has 0 spiro atoms. The summed E-state index contributed by atoms with van der Waals surface area (Å²) in [6, 6.07) is 10.4. The highest BCUT2D eigenvalue weighted by molar-refractivity contribution is 5.95. The van der Waals surface area contributed by atoms with Crippen molar-refractivity contribution in [2.75, 3.05) is 0 Å². The summed E-state index contributed by atoms with van der Waals surface area (Å²) in [6.07, 6.45) is 18.7. The standard InChI is InChI=1S/C28H29N2/c1-5-23(3)22-30-24(4)28(26-18-19-26)16-12-7-8-13-21-29-27(6-2)20-17-25-14-10-9-11-15-25/h5-6,8-11,14-16,18-19,21-22H,1-4,7,12,17,20H2/b28-16-,29-27?,30-22?. The van der Waals surface area contributed by atoms with Crippen LogP contribution in [0.25, 0.3) is 0 Å². The molecule has 0 N–H and O–H groups in total. The molecule has 2 nitrogen and oxygen atoms in total. The number of hydrogen-bond acceptors (Lipinski definition) is 2. The van der Waals surface area contributed by atoms with Crippen molar-refractivity contribution in [2.24, 2.45) is 9.98 Å². The van der Waals surface area contributed by atoms with Gasteiger partial charge in [-0.2, -0.15) is 0 Å². The van der Waals surface area contributed by atoms with Crippen molar-refractivity contribution in [1.82, 2.24) is 0 Å². The second-order valence-corrected chi connectivity index (χ2v) is 6.78. The summed E-state index contributed by atoms with van der Waals surface area (Å²) in [4.78, 5) is 8.83. The number of aryl methyl sites for hydroxylation is 1. The highest BCUT2D eigenvalue weighted by atomic mass is 14.7.